The van der Waals surface area contributed by atoms with Crippen LogP contribution in [0.2, 0.25) is 0 Å². The highest BCUT2D eigenvalue weighted by Gasteiger charge is 2.03. The number of rotatable bonds is 8. The summed E-state index contributed by atoms with van der Waals surface area (Å²) in [7, 11) is 0. The third-order valence-corrected chi connectivity index (χ3v) is 2.35. The number of aromatic nitrogens is 2. The van der Waals surface area contributed by atoms with E-state index in [0.29, 0.717) is 18.4 Å². The molecule has 5 heteroatoms. The van der Waals surface area contributed by atoms with Crippen LogP contribution in [0.3, 0.4) is 0 Å². The summed E-state index contributed by atoms with van der Waals surface area (Å²) in [5, 5.41) is 12.0. The predicted octanol–water partition coefficient (Wildman–Crippen LogP) is 1.70. The molecule has 5 nitrogen and oxygen atoms in total. The van der Waals surface area contributed by atoms with Crippen molar-refractivity contribution >= 4 is 5.82 Å². The number of aliphatic hydroxyl groups is 1. The first-order valence-electron chi connectivity index (χ1n) is 6.05. The van der Waals surface area contributed by atoms with Gasteiger partial charge >= 0.3 is 0 Å². The predicted molar refractivity (Wildman–Crippen MR) is 67.2 cm³/mol. The molecule has 17 heavy (non-hydrogen) atoms. The largest absolute Gasteiger partial charge is 0.478 e. The van der Waals surface area contributed by atoms with E-state index >= 15 is 0 Å². The Kier molecular flexibility index (Phi) is 6.32. The zero-order valence-electron chi connectivity index (χ0n) is 10.5. The average Bonchev–Trinajstić information content (AvgIpc) is 2.35. The second kappa shape index (κ2) is 7.84. The minimum Gasteiger partial charge on any atom is -0.478 e. The Hall–Kier alpha value is -1.36. The molecule has 1 aromatic heterocycles. The zero-order valence-corrected chi connectivity index (χ0v) is 10.5. The van der Waals surface area contributed by atoms with Crippen LogP contribution < -0.4 is 10.1 Å². The van der Waals surface area contributed by atoms with E-state index in [1.807, 2.05) is 0 Å². The van der Waals surface area contributed by atoms with Crippen molar-refractivity contribution in [2.24, 2.45) is 5.92 Å². The molecule has 0 saturated heterocycles. The van der Waals surface area contributed by atoms with Crippen molar-refractivity contribution < 1.29 is 9.84 Å². The number of ether oxygens (including phenoxy) is 1. The minimum absolute atomic E-state index is 0.220. The summed E-state index contributed by atoms with van der Waals surface area (Å²) in [5.41, 5.74) is 0. The van der Waals surface area contributed by atoms with E-state index in [9.17, 15) is 0 Å². The molecule has 0 saturated carbocycles. The highest BCUT2D eigenvalue weighted by molar-refractivity contribution is 5.36. The van der Waals surface area contributed by atoms with Crippen LogP contribution in [0.15, 0.2) is 12.4 Å². The summed E-state index contributed by atoms with van der Waals surface area (Å²) in [5.74, 6) is 1.77. The van der Waals surface area contributed by atoms with Gasteiger partial charge in [0.15, 0.2) is 0 Å². The van der Waals surface area contributed by atoms with Gasteiger partial charge in [-0.1, -0.05) is 13.8 Å². The maximum Gasteiger partial charge on any atom is 0.218 e. The summed E-state index contributed by atoms with van der Waals surface area (Å²) in [6.07, 6.45) is 3.24. The van der Waals surface area contributed by atoms with Gasteiger partial charge in [0, 0.05) is 19.2 Å². The van der Waals surface area contributed by atoms with E-state index < -0.39 is 0 Å². The summed E-state index contributed by atoms with van der Waals surface area (Å²) < 4.78 is 5.42. The summed E-state index contributed by atoms with van der Waals surface area (Å²) in [6, 6.07) is 1.79. The average molecular weight is 239 g/mol. The van der Waals surface area contributed by atoms with Gasteiger partial charge in [-0.3, -0.25) is 0 Å². The van der Waals surface area contributed by atoms with Crippen molar-refractivity contribution in [3.8, 4) is 5.88 Å². The first-order valence-corrected chi connectivity index (χ1v) is 6.05. The van der Waals surface area contributed by atoms with Crippen molar-refractivity contribution in [3.05, 3.63) is 12.4 Å². The van der Waals surface area contributed by atoms with Crippen LogP contribution in [0.1, 0.15) is 26.7 Å². The van der Waals surface area contributed by atoms with Gasteiger partial charge in [-0.05, 0) is 18.8 Å². The van der Waals surface area contributed by atoms with E-state index in [1.54, 1.807) is 6.07 Å². The summed E-state index contributed by atoms with van der Waals surface area (Å²) in [4.78, 5) is 8.14. The van der Waals surface area contributed by atoms with Crippen LogP contribution in [0, 0.1) is 5.92 Å². The Labute approximate surface area is 102 Å². The van der Waals surface area contributed by atoms with Gasteiger partial charge in [0.1, 0.15) is 12.1 Å². The molecule has 0 amide bonds. The molecule has 1 rings (SSSR count). The van der Waals surface area contributed by atoms with E-state index in [4.69, 9.17) is 9.84 Å². The van der Waals surface area contributed by atoms with Crippen LogP contribution >= 0.6 is 0 Å². The van der Waals surface area contributed by atoms with Gasteiger partial charge in [-0.25, -0.2) is 9.97 Å². The Morgan fingerprint density at radius 3 is 3.00 bits per heavy atom. The first-order chi connectivity index (χ1) is 8.26. The first kappa shape index (κ1) is 13.7. The van der Waals surface area contributed by atoms with Crippen molar-refractivity contribution in [1.29, 1.82) is 0 Å². The molecule has 1 aromatic rings. The maximum absolute atomic E-state index is 8.80. The second-order valence-electron chi connectivity index (χ2n) is 4.09. The highest BCUT2D eigenvalue weighted by atomic mass is 16.5. The van der Waals surface area contributed by atoms with Crippen molar-refractivity contribution in [3.63, 3.8) is 0 Å². The number of hydrogen-bond donors (Lipinski definition) is 2. The molecule has 0 aliphatic rings. The maximum atomic E-state index is 8.80. The fourth-order valence-electron chi connectivity index (χ4n) is 1.32. The Balaban J connectivity index is 2.42. The fourth-order valence-corrected chi connectivity index (χ4v) is 1.32. The fraction of sp³-hybridized carbons (Fsp3) is 0.667. The van der Waals surface area contributed by atoms with Crippen LogP contribution in [-0.4, -0.2) is 34.8 Å². The Morgan fingerprint density at radius 2 is 2.29 bits per heavy atom. The second-order valence-corrected chi connectivity index (χ2v) is 4.09. The molecule has 0 spiro atoms. The van der Waals surface area contributed by atoms with Crippen LogP contribution in [0.25, 0.3) is 0 Å². The van der Waals surface area contributed by atoms with Gasteiger partial charge in [-0.15, -0.1) is 0 Å². The molecule has 1 heterocycles. The normalized spacial score (nSPS) is 12.2. The third kappa shape index (κ3) is 5.49. The van der Waals surface area contributed by atoms with E-state index in [1.165, 1.54) is 6.33 Å². The SMILES string of the molecule is CCCOc1cc(NCC(C)CCO)ncn1. The third-order valence-electron chi connectivity index (χ3n) is 2.35. The van der Waals surface area contributed by atoms with Gasteiger partial charge in [0.2, 0.25) is 5.88 Å². The van der Waals surface area contributed by atoms with Crippen molar-refractivity contribution in [2.75, 3.05) is 25.1 Å². The Bertz CT molecular complexity index is 320. The monoisotopic (exact) mass is 239 g/mol. The standard InChI is InChI=1S/C12H21N3O2/c1-3-6-17-12-7-11(14-9-15-12)13-8-10(2)4-5-16/h7,9-10,16H,3-6,8H2,1-2H3,(H,13,14,15). The molecule has 0 fully saturated rings. The number of hydrogen-bond acceptors (Lipinski definition) is 5. The van der Waals surface area contributed by atoms with Gasteiger partial charge in [0.05, 0.1) is 6.61 Å². The number of nitrogens with one attached hydrogen (secondary N) is 1. The van der Waals surface area contributed by atoms with E-state index in [-0.39, 0.29) is 6.61 Å². The molecule has 0 bridgehead atoms. The smallest absolute Gasteiger partial charge is 0.218 e. The molecule has 0 aliphatic carbocycles. The number of aliphatic hydroxyl groups excluding tert-OH is 1. The summed E-state index contributed by atoms with van der Waals surface area (Å²) in [6.45, 7) is 5.80. The van der Waals surface area contributed by atoms with Gasteiger partial charge in [0.25, 0.3) is 0 Å². The lowest BCUT2D eigenvalue weighted by Gasteiger charge is -2.12. The number of nitrogens with zero attached hydrogens (tertiary/aromatic N) is 2. The lowest BCUT2D eigenvalue weighted by Crippen LogP contribution is -2.13. The lowest BCUT2D eigenvalue weighted by molar-refractivity contribution is 0.265. The molecule has 0 radical (unpaired) electrons. The minimum atomic E-state index is 0.220. The molecular formula is C12H21N3O2. The topological polar surface area (TPSA) is 67.3 Å². The molecular weight excluding hydrogens is 218 g/mol. The zero-order chi connectivity index (χ0) is 12.5. The van der Waals surface area contributed by atoms with Gasteiger partial charge < -0.3 is 15.2 Å². The Morgan fingerprint density at radius 1 is 1.47 bits per heavy atom. The van der Waals surface area contributed by atoms with Crippen LogP contribution in [0.4, 0.5) is 5.82 Å². The van der Waals surface area contributed by atoms with Crippen molar-refractivity contribution in [2.45, 2.75) is 26.7 Å². The molecule has 0 aromatic carbocycles. The highest BCUT2D eigenvalue weighted by Crippen LogP contribution is 2.12. The summed E-state index contributed by atoms with van der Waals surface area (Å²) >= 11 is 0. The van der Waals surface area contributed by atoms with Crippen LogP contribution in [0.5, 0.6) is 5.88 Å². The molecule has 2 N–H and O–H groups in total. The lowest BCUT2D eigenvalue weighted by atomic mass is 10.1. The molecule has 96 valence electrons. The molecule has 1 atom stereocenters. The molecule has 1 unspecified atom stereocenters. The van der Waals surface area contributed by atoms with Crippen molar-refractivity contribution in [1.82, 2.24) is 9.97 Å². The molecule has 0 aliphatic heterocycles. The van der Waals surface area contributed by atoms with E-state index in [0.717, 1.165) is 25.2 Å². The number of anilines is 1. The van der Waals surface area contributed by atoms with Gasteiger partial charge in [-0.2, -0.15) is 0 Å². The quantitative estimate of drug-likeness (QED) is 0.722. The van der Waals surface area contributed by atoms with Crippen LogP contribution in [-0.2, 0) is 0 Å². The van der Waals surface area contributed by atoms with E-state index in [2.05, 4.69) is 29.1 Å².